The smallest absolute Gasteiger partial charge is 0.256 e. The molecule has 19 heavy (non-hydrogen) atoms. The zero-order chi connectivity index (χ0) is 14.0. The quantitative estimate of drug-likeness (QED) is 0.776. The minimum Gasteiger partial charge on any atom is -0.337 e. The van der Waals surface area contributed by atoms with Crippen molar-refractivity contribution in [3.8, 4) is 0 Å². The molecule has 0 atom stereocenters. The SMILES string of the molecule is CCc1noc(CN(C)C(=O)c2cc(Br)sc2Br)n1. The summed E-state index contributed by atoms with van der Waals surface area (Å²) in [5, 5.41) is 3.80. The first kappa shape index (κ1) is 14.7. The fourth-order valence-electron chi connectivity index (χ4n) is 1.46. The highest BCUT2D eigenvalue weighted by Crippen LogP contribution is 2.32. The predicted octanol–water partition coefficient (Wildman–Crippen LogP) is 3.49. The van der Waals surface area contributed by atoms with Crippen molar-refractivity contribution in [2.75, 3.05) is 7.05 Å². The van der Waals surface area contributed by atoms with E-state index in [1.165, 1.54) is 11.3 Å². The van der Waals surface area contributed by atoms with Crippen LogP contribution in [0.5, 0.6) is 0 Å². The molecule has 0 unspecified atom stereocenters. The Morgan fingerprint density at radius 3 is 2.79 bits per heavy atom. The number of carbonyl (C=O) groups excluding carboxylic acids is 1. The highest BCUT2D eigenvalue weighted by molar-refractivity contribution is 9.12. The summed E-state index contributed by atoms with van der Waals surface area (Å²) in [6.07, 6.45) is 0.712. The molecule has 5 nitrogen and oxygen atoms in total. The van der Waals surface area contributed by atoms with Crippen molar-refractivity contribution in [2.45, 2.75) is 19.9 Å². The number of hydrogen-bond donors (Lipinski definition) is 0. The summed E-state index contributed by atoms with van der Waals surface area (Å²) in [5.41, 5.74) is 0.620. The summed E-state index contributed by atoms with van der Waals surface area (Å²) < 4.78 is 6.78. The summed E-state index contributed by atoms with van der Waals surface area (Å²) in [5.74, 6) is 0.999. The average molecular weight is 409 g/mol. The third-order valence-corrected chi connectivity index (χ3v) is 4.77. The van der Waals surface area contributed by atoms with Gasteiger partial charge in [-0.1, -0.05) is 12.1 Å². The number of carbonyl (C=O) groups is 1. The van der Waals surface area contributed by atoms with Gasteiger partial charge in [0, 0.05) is 13.5 Å². The van der Waals surface area contributed by atoms with Crippen LogP contribution < -0.4 is 0 Å². The number of thiophene rings is 1. The first-order valence-corrected chi connectivity index (χ1v) is 7.93. The number of rotatable bonds is 4. The molecular weight excluding hydrogens is 398 g/mol. The molecule has 1 amide bonds. The van der Waals surface area contributed by atoms with Gasteiger partial charge in [-0.15, -0.1) is 11.3 Å². The number of halogens is 2. The van der Waals surface area contributed by atoms with Gasteiger partial charge < -0.3 is 9.42 Å². The maximum atomic E-state index is 12.3. The topological polar surface area (TPSA) is 59.2 Å². The van der Waals surface area contributed by atoms with Gasteiger partial charge >= 0.3 is 0 Å². The van der Waals surface area contributed by atoms with Gasteiger partial charge in [0.2, 0.25) is 5.89 Å². The molecule has 0 saturated carbocycles. The van der Waals surface area contributed by atoms with Crippen LogP contribution in [0.15, 0.2) is 18.2 Å². The normalized spacial score (nSPS) is 10.7. The molecule has 0 aliphatic carbocycles. The van der Waals surface area contributed by atoms with Crippen LogP contribution in [0.2, 0.25) is 0 Å². The lowest BCUT2D eigenvalue weighted by Gasteiger charge is -2.13. The number of amides is 1. The van der Waals surface area contributed by atoms with Crippen LogP contribution in [0.1, 0.15) is 29.0 Å². The van der Waals surface area contributed by atoms with Crippen LogP contribution in [0, 0.1) is 0 Å². The molecule has 2 rings (SSSR count). The van der Waals surface area contributed by atoms with Crippen molar-refractivity contribution < 1.29 is 9.32 Å². The van der Waals surface area contributed by atoms with Gasteiger partial charge in [-0.2, -0.15) is 4.98 Å². The monoisotopic (exact) mass is 407 g/mol. The van der Waals surface area contributed by atoms with Gasteiger partial charge in [0.1, 0.15) is 0 Å². The summed E-state index contributed by atoms with van der Waals surface area (Å²) >= 11 is 8.20. The van der Waals surface area contributed by atoms with E-state index in [2.05, 4.69) is 42.0 Å². The fourth-order valence-corrected chi connectivity index (χ4v) is 4.24. The third kappa shape index (κ3) is 3.43. The van der Waals surface area contributed by atoms with E-state index >= 15 is 0 Å². The van der Waals surface area contributed by atoms with Crippen LogP contribution in [0.25, 0.3) is 0 Å². The first-order chi connectivity index (χ1) is 9.01. The van der Waals surface area contributed by atoms with Crippen molar-refractivity contribution in [1.82, 2.24) is 15.0 Å². The summed E-state index contributed by atoms with van der Waals surface area (Å²) in [4.78, 5) is 18.0. The van der Waals surface area contributed by atoms with Crippen molar-refractivity contribution in [3.05, 3.63) is 30.9 Å². The second-order valence-electron chi connectivity index (χ2n) is 3.86. The number of aryl methyl sites for hydroxylation is 1. The molecule has 0 aromatic carbocycles. The second-order valence-corrected chi connectivity index (χ2v) is 7.61. The van der Waals surface area contributed by atoms with Crippen molar-refractivity contribution in [2.24, 2.45) is 0 Å². The third-order valence-electron chi connectivity index (χ3n) is 2.43. The molecule has 2 heterocycles. The molecule has 0 bridgehead atoms. The van der Waals surface area contributed by atoms with Crippen LogP contribution in [0.3, 0.4) is 0 Å². The molecule has 2 aromatic heterocycles. The zero-order valence-electron chi connectivity index (χ0n) is 10.3. The Labute approximate surface area is 131 Å². The summed E-state index contributed by atoms with van der Waals surface area (Å²) in [6.45, 7) is 2.25. The first-order valence-electron chi connectivity index (χ1n) is 5.53. The lowest BCUT2D eigenvalue weighted by molar-refractivity contribution is 0.0769. The van der Waals surface area contributed by atoms with Gasteiger partial charge in [0.05, 0.1) is 19.7 Å². The zero-order valence-corrected chi connectivity index (χ0v) is 14.3. The largest absolute Gasteiger partial charge is 0.337 e. The van der Waals surface area contributed by atoms with Crippen LogP contribution in [-0.2, 0) is 13.0 Å². The Morgan fingerprint density at radius 1 is 1.53 bits per heavy atom. The highest BCUT2D eigenvalue weighted by Gasteiger charge is 2.19. The molecule has 2 aromatic rings. The van der Waals surface area contributed by atoms with E-state index in [1.54, 1.807) is 18.0 Å². The maximum absolute atomic E-state index is 12.3. The molecule has 0 spiro atoms. The molecule has 102 valence electrons. The van der Waals surface area contributed by atoms with Crippen molar-refractivity contribution in [1.29, 1.82) is 0 Å². The Kier molecular flexibility index (Phi) is 4.75. The highest BCUT2D eigenvalue weighted by atomic mass is 79.9. The van der Waals surface area contributed by atoms with Crippen LogP contribution >= 0.6 is 43.2 Å². The fraction of sp³-hybridized carbons (Fsp3) is 0.364. The number of hydrogen-bond acceptors (Lipinski definition) is 5. The van der Waals surface area contributed by atoms with Crippen molar-refractivity contribution >= 4 is 49.1 Å². The van der Waals surface area contributed by atoms with E-state index < -0.39 is 0 Å². The Morgan fingerprint density at radius 2 is 2.26 bits per heavy atom. The van der Waals surface area contributed by atoms with E-state index in [0.717, 1.165) is 7.57 Å². The molecule has 0 fully saturated rings. The van der Waals surface area contributed by atoms with E-state index in [9.17, 15) is 4.79 Å². The summed E-state index contributed by atoms with van der Waals surface area (Å²) in [7, 11) is 1.70. The molecule has 0 aliphatic heterocycles. The lowest BCUT2D eigenvalue weighted by atomic mass is 10.3. The average Bonchev–Trinajstić information content (AvgIpc) is 2.94. The van der Waals surface area contributed by atoms with E-state index in [4.69, 9.17) is 4.52 Å². The molecule has 0 aliphatic rings. The summed E-state index contributed by atoms with van der Waals surface area (Å²) in [6, 6.07) is 1.79. The Bertz CT molecular complexity index is 597. The molecule has 0 saturated heterocycles. The maximum Gasteiger partial charge on any atom is 0.256 e. The molecular formula is C11H11Br2N3O2S. The predicted molar refractivity (Wildman–Crippen MR) is 79.2 cm³/mol. The van der Waals surface area contributed by atoms with Crippen LogP contribution in [0.4, 0.5) is 0 Å². The standard InChI is InChI=1S/C11H11Br2N3O2S/c1-3-8-14-9(18-15-8)5-16(2)11(17)6-4-7(12)19-10(6)13/h4H,3,5H2,1-2H3. The van der Waals surface area contributed by atoms with Gasteiger partial charge in [-0.3, -0.25) is 4.79 Å². The molecule has 0 N–H and O–H groups in total. The van der Waals surface area contributed by atoms with E-state index in [1.807, 2.05) is 6.92 Å². The second kappa shape index (κ2) is 6.15. The Hall–Kier alpha value is -0.730. The number of aromatic nitrogens is 2. The van der Waals surface area contributed by atoms with Gasteiger partial charge in [-0.05, 0) is 37.9 Å². The lowest BCUT2D eigenvalue weighted by Crippen LogP contribution is -2.26. The minimum absolute atomic E-state index is 0.0925. The Balaban J connectivity index is 2.09. The van der Waals surface area contributed by atoms with E-state index in [-0.39, 0.29) is 5.91 Å². The van der Waals surface area contributed by atoms with Crippen LogP contribution in [-0.4, -0.2) is 28.0 Å². The minimum atomic E-state index is -0.0925. The molecule has 0 radical (unpaired) electrons. The van der Waals surface area contributed by atoms with Gasteiger partial charge in [0.25, 0.3) is 5.91 Å². The van der Waals surface area contributed by atoms with Gasteiger partial charge in [0.15, 0.2) is 5.82 Å². The van der Waals surface area contributed by atoms with Gasteiger partial charge in [-0.25, -0.2) is 0 Å². The number of nitrogens with zero attached hydrogens (tertiary/aromatic N) is 3. The molecule has 8 heteroatoms. The van der Waals surface area contributed by atoms with E-state index in [0.29, 0.717) is 30.2 Å². The van der Waals surface area contributed by atoms with Crippen molar-refractivity contribution in [3.63, 3.8) is 0 Å².